The zero-order chi connectivity index (χ0) is 10.3. The van der Waals surface area contributed by atoms with Gasteiger partial charge in [-0.15, -0.1) is 0 Å². The summed E-state index contributed by atoms with van der Waals surface area (Å²) in [7, 11) is 0. The molecule has 2 aliphatic carbocycles. The van der Waals surface area contributed by atoms with Crippen molar-refractivity contribution in [2.24, 2.45) is 23.7 Å². The highest BCUT2D eigenvalue weighted by Crippen LogP contribution is 2.50. The van der Waals surface area contributed by atoms with E-state index in [4.69, 9.17) is 10.2 Å². The fourth-order valence-electron chi connectivity index (χ4n) is 3.21. The number of carboxylic acids is 2. The molecule has 2 fully saturated rings. The van der Waals surface area contributed by atoms with Crippen molar-refractivity contribution in [3.8, 4) is 0 Å². The molecule has 4 unspecified atom stereocenters. The average molecular weight is 198 g/mol. The van der Waals surface area contributed by atoms with Crippen molar-refractivity contribution < 1.29 is 19.8 Å². The number of hydrogen-bond donors (Lipinski definition) is 2. The molecule has 4 nitrogen and oxygen atoms in total. The number of fused-ring (bicyclic) bond motifs is 1. The van der Waals surface area contributed by atoms with E-state index in [1.807, 2.05) is 0 Å². The first kappa shape index (κ1) is 9.49. The minimum Gasteiger partial charge on any atom is -0.481 e. The van der Waals surface area contributed by atoms with Gasteiger partial charge in [0.25, 0.3) is 0 Å². The zero-order valence-corrected chi connectivity index (χ0v) is 7.85. The van der Waals surface area contributed by atoms with Crippen LogP contribution in [0.1, 0.15) is 25.7 Å². The monoisotopic (exact) mass is 198 g/mol. The summed E-state index contributed by atoms with van der Waals surface area (Å²) in [5.41, 5.74) is 0. The number of rotatable bonds is 2. The smallest absolute Gasteiger partial charge is 0.306 e. The van der Waals surface area contributed by atoms with Crippen LogP contribution in [0.4, 0.5) is 0 Å². The molecule has 0 aromatic heterocycles. The van der Waals surface area contributed by atoms with E-state index < -0.39 is 23.8 Å². The molecule has 2 saturated carbocycles. The summed E-state index contributed by atoms with van der Waals surface area (Å²) in [4.78, 5) is 21.8. The Bertz CT molecular complexity index is 247. The molecule has 0 radical (unpaired) electrons. The fourth-order valence-corrected chi connectivity index (χ4v) is 3.21. The lowest BCUT2D eigenvalue weighted by atomic mass is 9.90. The molecule has 0 saturated heterocycles. The van der Waals surface area contributed by atoms with Gasteiger partial charge < -0.3 is 10.2 Å². The van der Waals surface area contributed by atoms with Crippen LogP contribution < -0.4 is 0 Å². The van der Waals surface area contributed by atoms with Gasteiger partial charge in [-0.2, -0.15) is 0 Å². The molecule has 78 valence electrons. The molecule has 0 aliphatic heterocycles. The summed E-state index contributed by atoms with van der Waals surface area (Å²) in [5.74, 6) is -2.22. The second kappa shape index (κ2) is 3.26. The molecular formula is C10H14O4. The van der Waals surface area contributed by atoms with E-state index in [9.17, 15) is 9.59 Å². The van der Waals surface area contributed by atoms with Crippen LogP contribution in [-0.2, 0) is 9.59 Å². The zero-order valence-electron chi connectivity index (χ0n) is 7.85. The van der Waals surface area contributed by atoms with Gasteiger partial charge in [0.1, 0.15) is 0 Å². The van der Waals surface area contributed by atoms with E-state index >= 15 is 0 Å². The second-order valence-electron chi connectivity index (χ2n) is 4.38. The lowest BCUT2D eigenvalue weighted by molar-refractivity contribution is -0.143. The van der Waals surface area contributed by atoms with Crippen molar-refractivity contribution in [1.82, 2.24) is 0 Å². The highest BCUT2D eigenvalue weighted by molar-refractivity contribution is 5.76. The Morgan fingerprint density at radius 3 is 1.71 bits per heavy atom. The highest BCUT2D eigenvalue weighted by atomic mass is 16.4. The Morgan fingerprint density at radius 2 is 1.36 bits per heavy atom. The SMILES string of the molecule is O=C(O)C1CC(C(=O)O)C2CCCC12. The second-order valence-corrected chi connectivity index (χ2v) is 4.38. The molecule has 2 rings (SSSR count). The van der Waals surface area contributed by atoms with Crippen molar-refractivity contribution in [2.45, 2.75) is 25.7 Å². The van der Waals surface area contributed by atoms with Gasteiger partial charge in [0.05, 0.1) is 11.8 Å². The quantitative estimate of drug-likeness (QED) is 0.699. The largest absolute Gasteiger partial charge is 0.481 e. The molecule has 0 aromatic carbocycles. The van der Waals surface area contributed by atoms with E-state index in [2.05, 4.69) is 0 Å². The molecule has 0 spiro atoms. The standard InChI is InChI=1S/C10H14O4/c11-9(12)7-4-8(10(13)14)6-3-1-2-5(6)7/h5-8H,1-4H2,(H,11,12)(H,13,14). The van der Waals surface area contributed by atoms with Crippen LogP contribution in [0.5, 0.6) is 0 Å². The van der Waals surface area contributed by atoms with Crippen LogP contribution in [0.2, 0.25) is 0 Å². The summed E-state index contributed by atoms with van der Waals surface area (Å²) in [6, 6.07) is 0. The Labute approximate surface area is 81.9 Å². The van der Waals surface area contributed by atoms with Crippen molar-refractivity contribution in [3.05, 3.63) is 0 Å². The van der Waals surface area contributed by atoms with Gasteiger partial charge in [0.15, 0.2) is 0 Å². The van der Waals surface area contributed by atoms with Crippen molar-refractivity contribution >= 4 is 11.9 Å². The molecule has 2 aliphatic rings. The molecular weight excluding hydrogens is 184 g/mol. The maximum atomic E-state index is 10.9. The minimum absolute atomic E-state index is 0.119. The van der Waals surface area contributed by atoms with Crippen LogP contribution in [0, 0.1) is 23.7 Å². The maximum absolute atomic E-state index is 10.9. The molecule has 0 heterocycles. The topological polar surface area (TPSA) is 74.6 Å². The van der Waals surface area contributed by atoms with Gasteiger partial charge in [-0.3, -0.25) is 9.59 Å². The predicted octanol–water partition coefficient (Wildman–Crippen LogP) is 1.21. The normalized spacial score (nSPS) is 40.9. The van der Waals surface area contributed by atoms with Crippen molar-refractivity contribution in [2.75, 3.05) is 0 Å². The fraction of sp³-hybridized carbons (Fsp3) is 0.800. The van der Waals surface area contributed by atoms with Gasteiger partial charge in [-0.05, 0) is 31.1 Å². The van der Waals surface area contributed by atoms with Crippen LogP contribution in [-0.4, -0.2) is 22.2 Å². The summed E-state index contributed by atoms with van der Waals surface area (Å²) >= 11 is 0. The molecule has 2 N–H and O–H groups in total. The third kappa shape index (κ3) is 1.29. The summed E-state index contributed by atoms with van der Waals surface area (Å²) in [6.45, 7) is 0. The number of carboxylic acid groups (broad SMARTS) is 2. The van der Waals surface area contributed by atoms with Crippen molar-refractivity contribution in [1.29, 1.82) is 0 Å². The highest BCUT2D eigenvalue weighted by Gasteiger charge is 2.51. The Kier molecular flexibility index (Phi) is 2.21. The predicted molar refractivity (Wildman–Crippen MR) is 47.7 cm³/mol. The molecule has 0 amide bonds. The van der Waals surface area contributed by atoms with Crippen LogP contribution in [0.15, 0.2) is 0 Å². The molecule has 14 heavy (non-hydrogen) atoms. The number of hydrogen-bond acceptors (Lipinski definition) is 2. The minimum atomic E-state index is -0.814. The first-order chi connectivity index (χ1) is 6.61. The van der Waals surface area contributed by atoms with E-state index in [0.29, 0.717) is 6.42 Å². The Hall–Kier alpha value is -1.06. The summed E-state index contributed by atoms with van der Waals surface area (Å²) < 4.78 is 0. The first-order valence-electron chi connectivity index (χ1n) is 5.07. The van der Waals surface area contributed by atoms with Crippen LogP contribution in [0.25, 0.3) is 0 Å². The molecule has 0 aromatic rings. The molecule has 0 bridgehead atoms. The van der Waals surface area contributed by atoms with E-state index in [1.54, 1.807) is 0 Å². The van der Waals surface area contributed by atoms with Gasteiger partial charge in [0, 0.05) is 0 Å². The van der Waals surface area contributed by atoms with E-state index in [-0.39, 0.29) is 11.8 Å². The van der Waals surface area contributed by atoms with Crippen molar-refractivity contribution in [3.63, 3.8) is 0 Å². The average Bonchev–Trinajstić information content (AvgIpc) is 2.59. The summed E-state index contributed by atoms with van der Waals surface area (Å²) in [6.07, 6.45) is 3.11. The van der Waals surface area contributed by atoms with E-state index in [0.717, 1.165) is 19.3 Å². The maximum Gasteiger partial charge on any atom is 0.306 e. The number of aliphatic carboxylic acids is 2. The van der Waals surface area contributed by atoms with Gasteiger partial charge in [0.2, 0.25) is 0 Å². The molecule has 4 atom stereocenters. The lowest BCUT2D eigenvalue weighted by Crippen LogP contribution is -2.19. The third-order valence-electron chi connectivity index (χ3n) is 3.80. The Balaban J connectivity index is 2.19. The van der Waals surface area contributed by atoms with Gasteiger partial charge in [-0.1, -0.05) is 6.42 Å². The summed E-state index contributed by atoms with van der Waals surface area (Å²) in [5, 5.41) is 17.9. The molecule has 4 heteroatoms. The van der Waals surface area contributed by atoms with Crippen LogP contribution >= 0.6 is 0 Å². The lowest BCUT2D eigenvalue weighted by Gasteiger charge is -2.14. The van der Waals surface area contributed by atoms with Gasteiger partial charge in [-0.25, -0.2) is 0 Å². The first-order valence-corrected chi connectivity index (χ1v) is 5.07. The Morgan fingerprint density at radius 1 is 0.929 bits per heavy atom. The third-order valence-corrected chi connectivity index (χ3v) is 3.80. The number of carbonyl (C=O) groups is 2. The van der Waals surface area contributed by atoms with E-state index in [1.165, 1.54) is 0 Å². The van der Waals surface area contributed by atoms with Gasteiger partial charge >= 0.3 is 11.9 Å². The van der Waals surface area contributed by atoms with Crippen LogP contribution in [0.3, 0.4) is 0 Å².